The fourth-order valence-electron chi connectivity index (χ4n) is 2.27. The van der Waals surface area contributed by atoms with Crippen LogP contribution in [0.3, 0.4) is 0 Å². The Hall–Kier alpha value is -1.81. The molecule has 1 aliphatic carbocycles. The number of rotatable bonds is 8. The van der Waals surface area contributed by atoms with Crippen LogP contribution >= 0.6 is 0 Å². The molecule has 0 bridgehead atoms. The lowest BCUT2D eigenvalue weighted by Gasteiger charge is -2.10. The highest BCUT2D eigenvalue weighted by molar-refractivity contribution is 5.25. The van der Waals surface area contributed by atoms with Crippen molar-refractivity contribution in [1.82, 2.24) is 10.3 Å². The molecule has 2 aromatic heterocycles. The van der Waals surface area contributed by atoms with Crippen molar-refractivity contribution in [2.75, 3.05) is 0 Å². The maximum Gasteiger partial charge on any atom is 0.214 e. The molecule has 4 heteroatoms. The molecule has 0 amide bonds. The molecule has 2 aromatic rings. The lowest BCUT2D eigenvalue weighted by Crippen LogP contribution is -2.15. The van der Waals surface area contributed by atoms with Gasteiger partial charge >= 0.3 is 0 Å². The van der Waals surface area contributed by atoms with E-state index in [0.29, 0.717) is 18.5 Å². The van der Waals surface area contributed by atoms with Gasteiger partial charge in [0.2, 0.25) is 5.88 Å². The molecule has 2 heterocycles. The van der Waals surface area contributed by atoms with E-state index in [0.717, 1.165) is 30.8 Å². The van der Waals surface area contributed by atoms with Crippen molar-refractivity contribution in [2.45, 2.75) is 51.8 Å². The molecule has 1 N–H and O–H groups in total. The van der Waals surface area contributed by atoms with Crippen LogP contribution in [0.2, 0.25) is 0 Å². The lowest BCUT2D eigenvalue weighted by molar-refractivity contribution is 0.259. The van der Waals surface area contributed by atoms with Gasteiger partial charge in [0.15, 0.2) is 0 Å². The van der Waals surface area contributed by atoms with E-state index in [1.165, 1.54) is 18.4 Å². The monoisotopic (exact) mass is 286 g/mol. The SMILES string of the molecule is CCCc1cc(CNC2CC2)cc(OCc2ccco2)n1. The summed E-state index contributed by atoms with van der Waals surface area (Å²) < 4.78 is 11.1. The lowest BCUT2D eigenvalue weighted by atomic mass is 10.1. The molecule has 3 rings (SSSR count). The highest BCUT2D eigenvalue weighted by Gasteiger charge is 2.20. The Balaban J connectivity index is 1.67. The molecule has 1 saturated carbocycles. The average Bonchev–Trinajstić information content (AvgIpc) is 3.17. The molecule has 1 fully saturated rings. The second kappa shape index (κ2) is 6.76. The second-order valence-corrected chi connectivity index (χ2v) is 5.58. The van der Waals surface area contributed by atoms with Crippen molar-refractivity contribution in [3.63, 3.8) is 0 Å². The third-order valence-electron chi connectivity index (χ3n) is 3.54. The number of ether oxygens (including phenoxy) is 1. The minimum absolute atomic E-state index is 0.422. The van der Waals surface area contributed by atoms with Gasteiger partial charge in [0.1, 0.15) is 12.4 Å². The van der Waals surface area contributed by atoms with Gasteiger partial charge in [-0.1, -0.05) is 13.3 Å². The summed E-state index contributed by atoms with van der Waals surface area (Å²) in [5.74, 6) is 1.50. The zero-order chi connectivity index (χ0) is 14.5. The van der Waals surface area contributed by atoms with Gasteiger partial charge in [-0.15, -0.1) is 0 Å². The van der Waals surface area contributed by atoms with Gasteiger partial charge in [0.25, 0.3) is 0 Å². The Morgan fingerprint density at radius 1 is 1.38 bits per heavy atom. The minimum atomic E-state index is 0.422. The molecule has 0 atom stereocenters. The van der Waals surface area contributed by atoms with Crippen LogP contribution in [0.4, 0.5) is 0 Å². The number of nitrogens with zero attached hydrogens (tertiary/aromatic N) is 1. The van der Waals surface area contributed by atoms with Crippen LogP contribution in [0.5, 0.6) is 5.88 Å². The van der Waals surface area contributed by atoms with E-state index in [4.69, 9.17) is 9.15 Å². The van der Waals surface area contributed by atoms with Gasteiger partial charge in [-0.05, 0) is 43.0 Å². The molecule has 1 aliphatic rings. The highest BCUT2D eigenvalue weighted by atomic mass is 16.5. The first-order valence-electron chi connectivity index (χ1n) is 7.72. The Morgan fingerprint density at radius 3 is 3.00 bits per heavy atom. The van der Waals surface area contributed by atoms with Crippen molar-refractivity contribution >= 4 is 0 Å². The van der Waals surface area contributed by atoms with Gasteiger partial charge in [-0.2, -0.15) is 0 Å². The van der Waals surface area contributed by atoms with Crippen LogP contribution in [-0.4, -0.2) is 11.0 Å². The fourth-order valence-corrected chi connectivity index (χ4v) is 2.27. The van der Waals surface area contributed by atoms with E-state index >= 15 is 0 Å². The van der Waals surface area contributed by atoms with Crippen LogP contribution < -0.4 is 10.1 Å². The number of aromatic nitrogens is 1. The summed E-state index contributed by atoms with van der Waals surface area (Å²) in [5.41, 5.74) is 2.34. The first kappa shape index (κ1) is 14.1. The van der Waals surface area contributed by atoms with E-state index in [2.05, 4.69) is 23.3 Å². The molecule has 0 aromatic carbocycles. The first-order chi connectivity index (χ1) is 10.3. The molecule has 0 unspecified atom stereocenters. The van der Waals surface area contributed by atoms with E-state index in [1.807, 2.05) is 18.2 Å². The summed E-state index contributed by atoms with van der Waals surface area (Å²) in [6, 6.07) is 8.69. The Morgan fingerprint density at radius 2 is 2.29 bits per heavy atom. The van der Waals surface area contributed by atoms with Gasteiger partial charge in [-0.25, -0.2) is 4.98 Å². The number of pyridine rings is 1. The van der Waals surface area contributed by atoms with Crippen molar-refractivity contribution in [1.29, 1.82) is 0 Å². The van der Waals surface area contributed by atoms with Gasteiger partial charge in [-0.3, -0.25) is 0 Å². The second-order valence-electron chi connectivity index (χ2n) is 5.58. The third kappa shape index (κ3) is 4.33. The zero-order valence-electron chi connectivity index (χ0n) is 12.5. The van der Waals surface area contributed by atoms with Crippen LogP contribution in [-0.2, 0) is 19.6 Å². The Bertz CT molecular complexity index is 562. The van der Waals surface area contributed by atoms with Gasteiger partial charge < -0.3 is 14.5 Å². The molecular weight excluding hydrogens is 264 g/mol. The maximum atomic E-state index is 5.77. The van der Waals surface area contributed by atoms with Gasteiger partial charge in [0.05, 0.1) is 6.26 Å². The topological polar surface area (TPSA) is 47.3 Å². The Labute approximate surface area is 125 Å². The third-order valence-corrected chi connectivity index (χ3v) is 3.54. The number of hydrogen-bond acceptors (Lipinski definition) is 4. The Kier molecular flexibility index (Phi) is 4.55. The number of nitrogens with one attached hydrogen (secondary N) is 1. The van der Waals surface area contributed by atoms with Crippen molar-refractivity contribution < 1.29 is 9.15 Å². The van der Waals surface area contributed by atoms with Crippen molar-refractivity contribution in [3.05, 3.63) is 47.5 Å². The van der Waals surface area contributed by atoms with Crippen LogP contribution in [0.15, 0.2) is 34.9 Å². The standard InChI is InChI=1S/C17H22N2O2/c1-2-4-15-9-13(11-18-14-6-7-14)10-17(19-15)21-12-16-5-3-8-20-16/h3,5,8-10,14,18H,2,4,6-7,11-12H2,1H3. The first-order valence-corrected chi connectivity index (χ1v) is 7.72. The molecular formula is C17H22N2O2. The fraction of sp³-hybridized carbons (Fsp3) is 0.471. The largest absolute Gasteiger partial charge is 0.469 e. The molecule has 0 spiro atoms. The summed E-state index contributed by atoms with van der Waals surface area (Å²) in [4.78, 5) is 4.57. The van der Waals surface area contributed by atoms with E-state index in [9.17, 15) is 0 Å². The van der Waals surface area contributed by atoms with E-state index < -0.39 is 0 Å². The van der Waals surface area contributed by atoms with E-state index in [1.54, 1.807) is 6.26 Å². The summed E-state index contributed by atoms with van der Waals surface area (Å²) in [6.07, 6.45) is 6.33. The molecule has 0 saturated heterocycles. The quantitative estimate of drug-likeness (QED) is 0.807. The molecule has 21 heavy (non-hydrogen) atoms. The predicted octanol–water partition coefficient (Wildman–Crippen LogP) is 3.46. The number of furan rings is 1. The van der Waals surface area contributed by atoms with Crippen LogP contribution in [0.25, 0.3) is 0 Å². The van der Waals surface area contributed by atoms with Crippen molar-refractivity contribution in [3.8, 4) is 5.88 Å². The molecule has 0 aliphatic heterocycles. The van der Waals surface area contributed by atoms with E-state index in [-0.39, 0.29) is 0 Å². The summed E-state index contributed by atoms with van der Waals surface area (Å²) in [5, 5.41) is 3.54. The van der Waals surface area contributed by atoms with Crippen LogP contribution in [0, 0.1) is 0 Å². The van der Waals surface area contributed by atoms with Gasteiger partial charge in [0, 0.05) is 24.3 Å². The molecule has 0 radical (unpaired) electrons. The number of aryl methyl sites for hydroxylation is 1. The summed E-state index contributed by atoms with van der Waals surface area (Å²) in [7, 11) is 0. The average molecular weight is 286 g/mol. The summed E-state index contributed by atoms with van der Waals surface area (Å²) >= 11 is 0. The molecule has 112 valence electrons. The van der Waals surface area contributed by atoms with Crippen LogP contribution in [0.1, 0.15) is 43.2 Å². The smallest absolute Gasteiger partial charge is 0.214 e. The molecule has 4 nitrogen and oxygen atoms in total. The maximum absolute atomic E-state index is 5.77. The normalized spacial score (nSPS) is 14.3. The highest BCUT2D eigenvalue weighted by Crippen LogP contribution is 2.21. The predicted molar refractivity (Wildman–Crippen MR) is 81.1 cm³/mol. The summed E-state index contributed by atoms with van der Waals surface area (Å²) in [6.45, 7) is 3.48. The zero-order valence-corrected chi connectivity index (χ0v) is 12.5. The minimum Gasteiger partial charge on any atom is -0.469 e. The number of hydrogen-bond donors (Lipinski definition) is 1. The van der Waals surface area contributed by atoms with Crippen molar-refractivity contribution in [2.24, 2.45) is 0 Å².